The molecule has 0 bridgehead atoms. The number of alkyl halides is 3. The van der Waals surface area contributed by atoms with Gasteiger partial charge < -0.3 is 5.32 Å². The summed E-state index contributed by atoms with van der Waals surface area (Å²) in [5.41, 5.74) is -1.22. The van der Waals surface area contributed by atoms with Crippen molar-refractivity contribution in [3.05, 3.63) is 48.0 Å². The van der Waals surface area contributed by atoms with E-state index in [1.807, 2.05) is 0 Å². The highest BCUT2D eigenvalue weighted by Gasteiger charge is 2.35. The average molecular weight is 464 g/mol. The highest BCUT2D eigenvalue weighted by Crippen LogP contribution is 2.39. The molecule has 1 amide bonds. The third-order valence-electron chi connectivity index (χ3n) is 2.46. The van der Waals surface area contributed by atoms with Gasteiger partial charge in [-0.3, -0.25) is 4.79 Å². The van der Waals surface area contributed by atoms with E-state index in [-0.39, 0.29) is 10.6 Å². The summed E-state index contributed by atoms with van der Waals surface area (Å²) in [5.74, 6) is -0.678. The van der Waals surface area contributed by atoms with Crippen molar-refractivity contribution in [2.75, 3.05) is 5.32 Å². The van der Waals surface area contributed by atoms with Gasteiger partial charge in [0, 0.05) is 0 Å². The van der Waals surface area contributed by atoms with Gasteiger partial charge in [0.2, 0.25) is 0 Å². The summed E-state index contributed by atoms with van der Waals surface area (Å²) in [4.78, 5) is 12.1. The molecule has 0 fully saturated rings. The first-order chi connectivity index (χ1) is 9.70. The Bertz CT molecular complexity index is 702. The molecule has 1 heterocycles. The number of hydrogen-bond acceptors (Lipinski definition) is 2. The van der Waals surface area contributed by atoms with E-state index in [9.17, 15) is 18.0 Å². The largest absolute Gasteiger partial charge is 0.418 e. The maximum atomic E-state index is 12.9. The van der Waals surface area contributed by atoms with Crippen molar-refractivity contribution >= 4 is 66.4 Å². The molecule has 2 aromatic rings. The zero-order valence-corrected chi connectivity index (χ0v) is 14.6. The van der Waals surface area contributed by atoms with Gasteiger partial charge in [-0.15, -0.1) is 11.3 Å². The molecule has 0 unspecified atom stereocenters. The second-order valence-electron chi connectivity index (χ2n) is 3.85. The highest BCUT2D eigenvalue weighted by molar-refractivity contribution is 9.12. The van der Waals surface area contributed by atoms with E-state index in [1.54, 1.807) is 0 Å². The molecule has 1 aromatic heterocycles. The van der Waals surface area contributed by atoms with Crippen molar-refractivity contribution in [2.45, 2.75) is 6.18 Å². The van der Waals surface area contributed by atoms with Gasteiger partial charge in [-0.2, -0.15) is 13.2 Å². The minimum Gasteiger partial charge on any atom is -0.320 e. The number of carbonyl (C=O) groups excluding carboxylic acids is 1. The lowest BCUT2D eigenvalue weighted by Gasteiger charge is -2.14. The monoisotopic (exact) mass is 461 g/mol. The van der Waals surface area contributed by atoms with Crippen LogP contribution in [0.5, 0.6) is 0 Å². The van der Waals surface area contributed by atoms with Gasteiger partial charge in [0.15, 0.2) is 0 Å². The summed E-state index contributed by atoms with van der Waals surface area (Å²) in [6.07, 6.45) is -4.61. The smallest absolute Gasteiger partial charge is 0.320 e. The summed E-state index contributed by atoms with van der Waals surface area (Å²) in [5, 5.41) is 2.04. The van der Waals surface area contributed by atoms with Crippen LogP contribution in [0.2, 0.25) is 5.02 Å². The number of halogens is 6. The molecule has 0 atom stereocenters. The van der Waals surface area contributed by atoms with E-state index in [0.29, 0.717) is 7.57 Å². The lowest BCUT2D eigenvalue weighted by atomic mass is 10.1. The predicted octanol–water partition coefficient (Wildman–Crippen LogP) is 6.20. The summed E-state index contributed by atoms with van der Waals surface area (Å²) in [6.45, 7) is 0. The molecule has 0 aliphatic rings. The van der Waals surface area contributed by atoms with E-state index in [4.69, 9.17) is 11.6 Å². The molecule has 0 aliphatic heterocycles. The maximum Gasteiger partial charge on any atom is 0.418 e. The van der Waals surface area contributed by atoms with Crippen LogP contribution in [0.15, 0.2) is 31.8 Å². The Morgan fingerprint density at radius 1 is 1.29 bits per heavy atom. The van der Waals surface area contributed by atoms with Crippen molar-refractivity contribution < 1.29 is 18.0 Å². The van der Waals surface area contributed by atoms with Crippen molar-refractivity contribution in [2.24, 2.45) is 0 Å². The number of nitrogens with one attached hydrogen (secondary N) is 1. The number of benzene rings is 1. The van der Waals surface area contributed by atoms with Crippen LogP contribution < -0.4 is 5.32 Å². The normalized spacial score (nSPS) is 11.5. The minimum absolute atomic E-state index is 0.177. The standard InChI is InChI=1S/C12H5Br2ClF3NOS/c13-8-4-5(10(14)21-8)11(20)19-9-6(12(16,17)18)2-1-3-7(9)15/h1-4H,(H,19,20). The van der Waals surface area contributed by atoms with Gasteiger partial charge in [0.1, 0.15) is 0 Å². The van der Waals surface area contributed by atoms with Gasteiger partial charge >= 0.3 is 6.18 Å². The van der Waals surface area contributed by atoms with Gasteiger partial charge in [-0.1, -0.05) is 17.7 Å². The molecule has 0 saturated heterocycles. The second kappa shape index (κ2) is 6.28. The fourth-order valence-corrected chi connectivity index (χ4v) is 4.58. The molecule has 0 radical (unpaired) electrons. The lowest BCUT2D eigenvalue weighted by Crippen LogP contribution is -2.17. The van der Waals surface area contributed by atoms with Crippen LogP contribution in [-0.4, -0.2) is 5.91 Å². The molecule has 1 N–H and O–H groups in total. The average Bonchev–Trinajstić information content (AvgIpc) is 2.69. The lowest BCUT2D eigenvalue weighted by molar-refractivity contribution is -0.136. The number of carbonyl (C=O) groups is 1. The van der Waals surface area contributed by atoms with Crippen LogP contribution in [-0.2, 0) is 6.18 Å². The van der Waals surface area contributed by atoms with Gasteiger partial charge in [-0.05, 0) is 50.1 Å². The first kappa shape index (κ1) is 16.8. The van der Waals surface area contributed by atoms with E-state index in [0.717, 1.165) is 6.07 Å². The van der Waals surface area contributed by atoms with E-state index >= 15 is 0 Å². The topological polar surface area (TPSA) is 29.1 Å². The molecule has 0 saturated carbocycles. The molecule has 2 nitrogen and oxygen atoms in total. The third kappa shape index (κ3) is 3.80. The molecule has 1 aromatic carbocycles. The fraction of sp³-hybridized carbons (Fsp3) is 0.0833. The Morgan fingerprint density at radius 3 is 2.48 bits per heavy atom. The van der Waals surface area contributed by atoms with Gasteiger partial charge in [-0.25, -0.2) is 0 Å². The van der Waals surface area contributed by atoms with Crippen LogP contribution in [0, 0.1) is 0 Å². The van der Waals surface area contributed by atoms with Gasteiger partial charge in [0.25, 0.3) is 5.91 Å². The zero-order chi connectivity index (χ0) is 15.8. The Labute approximate surface area is 143 Å². The molecule has 0 spiro atoms. The first-order valence-electron chi connectivity index (χ1n) is 5.32. The number of thiophene rings is 1. The van der Waals surface area contributed by atoms with Gasteiger partial charge in [0.05, 0.1) is 29.4 Å². The molecular formula is C12H5Br2ClF3NOS. The SMILES string of the molecule is O=C(Nc1c(Cl)cccc1C(F)(F)F)c1cc(Br)sc1Br. The van der Waals surface area contributed by atoms with Crippen molar-refractivity contribution in [3.8, 4) is 0 Å². The number of rotatable bonds is 2. The predicted molar refractivity (Wildman–Crippen MR) is 84.1 cm³/mol. The van der Waals surface area contributed by atoms with Crippen LogP contribution in [0.1, 0.15) is 15.9 Å². The van der Waals surface area contributed by atoms with E-state index < -0.39 is 23.3 Å². The Kier molecular flexibility index (Phi) is 5.02. The molecular weight excluding hydrogens is 458 g/mol. The molecule has 112 valence electrons. The summed E-state index contributed by atoms with van der Waals surface area (Å²) < 4.78 is 40.0. The minimum atomic E-state index is -4.61. The van der Waals surface area contributed by atoms with E-state index in [1.165, 1.54) is 29.5 Å². The first-order valence-corrected chi connectivity index (χ1v) is 8.10. The number of anilines is 1. The van der Waals surface area contributed by atoms with Crippen LogP contribution >= 0.6 is 54.8 Å². The number of hydrogen-bond donors (Lipinski definition) is 1. The van der Waals surface area contributed by atoms with Crippen molar-refractivity contribution in [1.29, 1.82) is 0 Å². The molecule has 21 heavy (non-hydrogen) atoms. The summed E-state index contributed by atoms with van der Waals surface area (Å²) >= 11 is 13.4. The van der Waals surface area contributed by atoms with E-state index in [2.05, 4.69) is 37.2 Å². The molecule has 2 rings (SSSR count). The van der Waals surface area contributed by atoms with Crippen molar-refractivity contribution in [3.63, 3.8) is 0 Å². The number of para-hydroxylation sites is 1. The Morgan fingerprint density at radius 2 is 1.95 bits per heavy atom. The summed E-state index contributed by atoms with van der Waals surface area (Å²) in [6, 6.07) is 4.83. The van der Waals surface area contributed by atoms with Crippen molar-refractivity contribution in [1.82, 2.24) is 0 Å². The van der Waals surface area contributed by atoms with Crippen LogP contribution in [0.4, 0.5) is 18.9 Å². The summed E-state index contributed by atoms with van der Waals surface area (Å²) in [7, 11) is 0. The zero-order valence-electron chi connectivity index (χ0n) is 9.89. The molecule has 0 aliphatic carbocycles. The Hall–Kier alpha value is -0.570. The fourth-order valence-electron chi connectivity index (χ4n) is 1.56. The second-order valence-corrected chi connectivity index (χ2v) is 8.01. The third-order valence-corrected chi connectivity index (χ3v) is 5.11. The maximum absolute atomic E-state index is 12.9. The number of amides is 1. The Balaban J connectivity index is 2.40. The molecule has 9 heteroatoms. The quantitative estimate of drug-likeness (QED) is 0.565. The highest BCUT2D eigenvalue weighted by atomic mass is 79.9. The van der Waals surface area contributed by atoms with Crippen LogP contribution in [0.25, 0.3) is 0 Å². The van der Waals surface area contributed by atoms with Crippen LogP contribution in [0.3, 0.4) is 0 Å².